The van der Waals surface area contributed by atoms with Crippen molar-refractivity contribution in [1.29, 1.82) is 0 Å². The summed E-state index contributed by atoms with van der Waals surface area (Å²) >= 11 is 0. The minimum absolute atomic E-state index is 0.0619. The summed E-state index contributed by atoms with van der Waals surface area (Å²) in [4.78, 5) is 28.9. The second kappa shape index (κ2) is 8.85. The molecule has 0 saturated heterocycles. The molecule has 0 aliphatic carbocycles. The number of halogens is 2. The maximum atomic E-state index is 14.7. The zero-order valence-corrected chi connectivity index (χ0v) is 17.7. The van der Waals surface area contributed by atoms with Gasteiger partial charge in [0.1, 0.15) is 24.2 Å². The van der Waals surface area contributed by atoms with E-state index in [9.17, 15) is 18.4 Å². The predicted octanol–water partition coefficient (Wildman–Crippen LogP) is 3.53. The molecule has 2 heterocycles. The second-order valence-corrected chi connectivity index (χ2v) is 8.11. The Morgan fingerprint density at radius 3 is 2.53 bits per heavy atom. The van der Waals surface area contributed by atoms with E-state index in [0.29, 0.717) is 13.1 Å². The number of nitrogens with zero attached hydrogens (tertiary/aromatic N) is 3. The number of amides is 3. The summed E-state index contributed by atoms with van der Waals surface area (Å²) in [6.07, 6.45) is 1.88. The van der Waals surface area contributed by atoms with Gasteiger partial charge in [0.05, 0.1) is 0 Å². The van der Waals surface area contributed by atoms with Gasteiger partial charge in [0.15, 0.2) is 0 Å². The van der Waals surface area contributed by atoms with Crippen LogP contribution in [0.2, 0.25) is 0 Å². The Bertz CT molecular complexity index is 926. The molecule has 3 rings (SSSR count). The number of aromatic nitrogens is 1. The molecule has 2 aromatic rings. The zero-order chi connectivity index (χ0) is 22.0. The van der Waals surface area contributed by atoms with E-state index in [-0.39, 0.29) is 36.1 Å². The Hall–Kier alpha value is -2.90. The smallest absolute Gasteiger partial charge is 0.318 e. The molecule has 30 heavy (non-hydrogen) atoms. The van der Waals surface area contributed by atoms with Crippen LogP contribution in [-0.4, -0.2) is 51.5 Å². The number of nitrogens with one attached hydrogen (secondary N) is 1. The lowest BCUT2D eigenvalue weighted by Crippen LogP contribution is -2.52. The van der Waals surface area contributed by atoms with Crippen LogP contribution in [0, 0.1) is 11.6 Å². The first-order chi connectivity index (χ1) is 14.2. The quantitative estimate of drug-likeness (QED) is 0.808. The molecule has 0 fully saturated rings. The molecule has 1 N–H and O–H groups in total. The third-order valence-corrected chi connectivity index (χ3v) is 5.22. The van der Waals surface area contributed by atoms with Crippen LogP contribution in [0.5, 0.6) is 0 Å². The van der Waals surface area contributed by atoms with Gasteiger partial charge < -0.3 is 19.7 Å². The Balaban J connectivity index is 1.92. The third-order valence-electron chi connectivity index (χ3n) is 5.22. The number of carbonyl (C=O) groups is 2. The Labute approximate surface area is 175 Å². The van der Waals surface area contributed by atoms with Gasteiger partial charge in [0, 0.05) is 48.7 Å². The van der Waals surface area contributed by atoms with E-state index in [1.54, 1.807) is 4.90 Å². The summed E-state index contributed by atoms with van der Waals surface area (Å²) in [6.45, 7) is 8.18. The lowest BCUT2D eigenvalue weighted by molar-refractivity contribution is -0.135. The van der Waals surface area contributed by atoms with Crippen LogP contribution in [0.25, 0.3) is 0 Å². The van der Waals surface area contributed by atoms with Crippen molar-refractivity contribution in [1.82, 2.24) is 19.7 Å². The van der Waals surface area contributed by atoms with Gasteiger partial charge in [-0.3, -0.25) is 4.79 Å². The van der Waals surface area contributed by atoms with Crippen LogP contribution in [0.3, 0.4) is 0 Å². The van der Waals surface area contributed by atoms with E-state index in [0.717, 1.165) is 11.8 Å². The van der Waals surface area contributed by atoms with Gasteiger partial charge in [-0.15, -0.1) is 0 Å². The minimum atomic E-state index is -0.703. The number of hydrogen-bond acceptors (Lipinski definition) is 2. The lowest BCUT2D eigenvalue weighted by Gasteiger charge is -2.39. The van der Waals surface area contributed by atoms with Crippen LogP contribution in [0.15, 0.2) is 36.5 Å². The summed E-state index contributed by atoms with van der Waals surface area (Å²) in [5, 5.41) is 2.81. The molecule has 162 valence electrons. The van der Waals surface area contributed by atoms with E-state index in [1.807, 2.05) is 50.6 Å². The molecule has 1 unspecified atom stereocenters. The number of hydrogen-bond donors (Lipinski definition) is 1. The van der Waals surface area contributed by atoms with Gasteiger partial charge in [0.25, 0.3) is 0 Å². The normalized spacial score (nSPS) is 16.0. The molecular formula is C22H28F2N4O2. The molecule has 1 aromatic carbocycles. The largest absolute Gasteiger partial charge is 0.348 e. The topological polar surface area (TPSA) is 57.6 Å². The first kappa shape index (κ1) is 21.8. The van der Waals surface area contributed by atoms with Crippen molar-refractivity contribution in [2.75, 3.05) is 13.1 Å². The summed E-state index contributed by atoms with van der Waals surface area (Å²) in [6, 6.07) is 5.81. The number of fused-ring (bicyclic) bond motifs is 1. The first-order valence-corrected chi connectivity index (χ1v) is 10.2. The number of urea groups is 1. The van der Waals surface area contributed by atoms with Crippen LogP contribution in [0.1, 0.15) is 45.0 Å². The number of benzene rings is 1. The van der Waals surface area contributed by atoms with Crippen molar-refractivity contribution in [3.05, 3.63) is 59.4 Å². The van der Waals surface area contributed by atoms with E-state index in [2.05, 4.69) is 5.32 Å². The zero-order valence-electron chi connectivity index (χ0n) is 17.7. The molecule has 1 aliphatic rings. The molecule has 0 saturated carbocycles. The summed E-state index contributed by atoms with van der Waals surface area (Å²) in [5.41, 5.74) is 0.981. The molecule has 0 spiro atoms. The highest BCUT2D eigenvalue weighted by Crippen LogP contribution is 2.34. The Morgan fingerprint density at radius 1 is 1.17 bits per heavy atom. The monoisotopic (exact) mass is 418 g/mol. The van der Waals surface area contributed by atoms with E-state index >= 15 is 0 Å². The number of carbonyl (C=O) groups excluding carboxylic acids is 2. The van der Waals surface area contributed by atoms with Gasteiger partial charge in [-0.25, -0.2) is 13.6 Å². The van der Waals surface area contributed by atoms with Crippen LogP contribution < -0.4 is 5.32 Å². The Morgan fingerprint density at radius 2 is 1.90 bits per heavy atom. The van der Waals surface area contributed by atoms with E-state index < -0.39 is 17.7 Å². The van der Waals surface area contributed by atoms with Crippen LogP contribution in [-0.2, 0) is 11.3 Å². The SMILES string of the molecule is CC(C)NC(=O)N(CC(=O)N1CCn2cccc2C1c1ccc(F)cc1F)C(C)C. The van der Waals surface area contributed by atoms with Crippen LogP contribution >= 0.6 is 0 Å². The highest BCUT2D eigenvalue weighted by atomic mass is 19.1. The van der Waals surface area contributed by atoms with Crippen LogP contribution in [0.4, 0.5) is 13.6 Å². The van der Waals surface area contributed by atoms with E-state index in [4.69, 9.17) is 0 Å². The number of rotatable bonds is 5. The average Bonchev–Trinajstić information content (AvgIpc) is 3.13. The van der Waals surface area contributed by atoms with Crippen molar-refractivity contribution in [3.63, 3.8) is 0 Å². The van der Waals surface area contributed by atoms with Crippen molar-refractivity contribution in [2.45, 2.75) is 52.4 Å². The second-order valence-electron chi connectivity index (χ2n) is 8.11. The van der Waals surface area contributed by atoms with Gasteiger partial charge in [-0.1, -0.05) is 6.07 Å². The third kappa shape index (κ3) is 4.47. The van der Waals surface area contributed by atoms with Gasteiger partial charge >= 0.3 is 6.03 Å². The fourth-order valence-electron chi connectivity index (χ4n) is 3.76. The highest BCUT2D eigenvalue weighted by molar-refractivity contribution is 5.85. The minimum Gasteiger partial charge on any atom is -0.348 e. The summed E-state index contributed by atoms with van der Waals surface area (Å²) in [5.74, 6) is -1.66. The van der Waals surface area contributed by atoms with Crippen molar-refractivity contribution < 1.29 is 18.4 Å². The van der Waals surface area contributed by atoms with Gasteiger partial charge in [0.2, 0.25) is 5.91 Å². The fraction of sp³-hybridized carbons (Fsp3) is 0.455. The molecule has 8 heteroatoms. The molecule has 0 bridgehead atoms. The van der Waals surface area contributed by atoms with Gasteiger partial charge in [-0.05, 0) is 45.9 Å². The lowest BCUT2D eigenvalue weighted by atomic mass is 9.99. The van der Waals surface area contributed by atoms with Crippen molar-refractivity contribution in [2.24, 2.45) is 0 Å². The molecule has 6 nitrogen and oxygen atoms in total. The fourth-order valence-corrected chi connectivity index (χ4v) is 3.76. The molecule has 3 amide bonds. The standard InChI is InChI=1S/C22H28F2N4O2/c1-14(2)25-22(30)28(15(3)4)13-20(29)27-11-10-26-9-5-6-19(26)21(27)17-8-7-16(23)12-18(17)24/h5-9,12,14-15,21H,10-11,13H2,1-4H3,(H,25,30). The molecule has 1 atom stereocenters. The molecular weight excluding hydrogens is 390 g/mol. The van der Waals surface area contributed by atoms with Gasteiger partial charge in [-0.2, -0.15) is 0 Å². The van der Waals surface area contributed by atoms with Crippen molar-refractivity contribution >= 4 is 11.9 Å². The van der Waals surface area contributed by atoms with Crippen molar-refractivity contribution in [3.8, 4) is 0 Å². The summed E-state index contributed by atoms with van der Waals surface area (Å²) in [7, 11) is 0. The maximum Gasteiger partial charge on any atom is 0.318 e. The highest BCUT2D eigenvalue weighted by Gasteiger charge is 2.35. The maximum absolute atomic E-state index is 14.7. The first-order valence-electron chi connectivity index (χ1n) is 10.2. The van der Waals surface area contributed by atoms with E-state index in [1.165, 1.54) is 17.0 Å². The molecule has 1 aromatic heterocycles. The molecule has 1 aliphatic heterocycles. The average molecular weight is 418 g/mol. The summed E-state index contributed by atoms with van der Waals surface area (Å²) < 4.78 is 30.1. The molecule has 0 radical (unpaired) electrons. The predicted molar refractivity (Wildman–Crippen MR) is 110 cm³/mol. The Kier molecular flexibility index (Phi) is 6.43.